The molecule has 0 bridgehead atoms. The van der Waals surface area contributed by atoms with Gasteiger partial charge in [-0.05, 0) is 87.3 Å². The maximum Gasteiger partial charge on any atom is 0.0540 e. The van der Waals surface area contributed by atoms with Crippen molar-refractivity contribution in [1.82, 2.24) is 0 Å². The van der Waals surface area contributed by atoms with Crippen LogP contribution in [0.4, 0.5) is 17.1 Å². The zero-order chi connectivity index (χ0) is 26.9. The highest BCUT2D eigenvalue weighted by Gasteiger charge is 2.16. The van der Waals surface area contributed by atoms with E-state index < -0.39 is 0 Å². The zero-order valence-electron chi connectivity index (χ0n) is 22.5. The van der Waals surface area contributed by atoms with Gasteiger partial charge in [0.25, 0.3) is 0 Å². The van der Waals surface area contributed by atoms with Gasteiger partial charge in [-0.1, -0.05) is 121 Å². The fourth-order valence-electron chi connectivity index (χ4n) is 5.66. The molecule has 0 heterocycles. The molecule has 0 N–H and O–H groups in total. The summed E-state index contributed by atoms with van der Waals surface area (Å²) in [5, 5.41) is 5.04. The molecule has 0 saturated heterocycles. The van der Waals surface area contributed by atoms with Gasteiger partial charge in [-0.15, -0.1) is 0 Å². The minimum Gasteiger partial charge on any atom is -0.310 e. The Labute approximate surface area is 235 Å². The Morgan fingerprint density at radius 1 is 0.375 bits per heavy atom. The van der Waals surface area contributed by atoms with Gasteiger partial charge in [-0.25, -0.2) is 0 Å². The van der Waals surface area contributed by atoms with Crippen molar-refractivity contribution < 1.29 is 0 Å². The summed E-state index contributed by atoms with van der Waals surface area (Å²) in [5.74, 6) is 0. The Morgan fingerprint density at radius 2 is 0.900 bits per heavy atom. The highest BCUT2D eigenvalue weighted by Crippen LogP contribution is 2.41. The van der Waals surface area contributed by atoms with Gasteiger partial charge in [0, 0.05) is 16.8 Å². The first-order chi connectivity index (χ1) is 19.7. The number of benzene rings is 7. The topological polar surface area (TPSA) is 3.24 Å². The maximum absolute atomic E-state index is 2.38. The second-order valence-electron chi connectivity index (χ2n) is 10.3. The summed E-state index contributed by atoms with van der Waals surface area (Å²) in [6.07, 6.45) is 0. The summed E-state index contributed by atoms with van der Waals surface area (Å²) >= 11 is 0. The molecule has 40 heavy (non-hydrogen) atoms. The standard InChI is InChI=1S/C39H29N/c1-28-15-26-39(38-14-8-7-13-37(28)38)40(35-22-18-31(19-23-35)29-9-3-2-4-10-29)36-24-20-32(21-25-36)34-17-16-30-11-5-6-12-33(30)27-34/h2-27H,1H3. The second-order valence-corrected chi connectivity index (χ2v) is 10.3. The van der Waals surface area contributed by atoms with Crippen molar-refractivity contribution >= 4 is 38.6 Å². The van der Waals surface area contributed by atoms with E-state index in [2.05, 4.69) is 170 Å². The lowest BCUT2D eigenvalue weighted by Crippen LogP contribution is -2.10. The second kappa shape index (κ2) is 10.2. The van der Waals surface area contributed by atoms with Crippen LogP contribution in [0.2, 0.25) is 0 Å². The number of aryl methyl sites for hydroxylation is 1. The quantitative estimate of drug-likeness (QED) is 0.222. The van der Waals surface area contributed by atoms with Crippen LogP contribution in [0.15, 0.2) is 158 Å². The van der Waals surface area contributed by atoms with Crippen molar-refractivity contribution in [2.75, 3.05) is 4.90 Å². The first kappa shape index (κ1) is 23.9. The van der Waals surface area contributed by atoms with Crippen molar-refractivity contribution in [3.05, 3.63) is 163 Å². The summed E-state index contributed by atoms with van der Waals surface area (Å²) in [7, 11) is 0. The molecule has 0 aliphatic heterocycles. The lowest BCUT2D eigenvalue weighted by atomic mass is 9.99. The predicted octanol–water partition coefficient (Wildman–Crippen LogP) is 11.1. The lowest BCUT2D eigenvalue weighted by Gasteiger charge is -2.27. The Kier molecular flexibility index (Phi) is 6.11. The average molecular weight is 512 g/mol. The van der Waals surface area contributed by atoms with Crippen LogP contribution in [0.5, 0.6) is 0 Å². The molecular weight excluding hydrogens is 482 g/mol. The third kappa shape index (κ3) is 4.42. The van der Waals surface area contributed by atoms with Crippen molar-refractivity contribution in [3.63, 3.8) is 0 Å². The number of fused-ring (bicyclic) bond motifs is 2. The molecular formula is C39H29N. The normalized spacial score (nSPS) is 11.1. The van der Waals surface area contributed by atoms with Crippen LogP contribution in [0.3, 0.4) is 0 Å². The Bertz CT molecular complexity index is 1930. The van der Waals surface area contributed by atoms with Crippen LogP contribution >= 0.6 is 0 Å². The van der Waals surface area contributed by atoms with Crippen molar-refractivity contribution in [3.8, 4) is 22.3 Å². The van der Waals surface area contributed by atoms with Crippen LogP contribution in [0.25, 0.3) is 43.8 Å². The molecule has 0 spiro atoms. The molecule has 1 nitrogen and oxygen atoms in total. The van der Waals surface area contributed by atoms with E-state index in [9.17, 15) is 0 Å². The van der Waals surface area contributed by atoms with E-state index in [1.54, 1.807) is 0 Å². The Morgan fingerprint density at radius 3 is 1.60 bits per heavy atom. The number of hydrogen-bond acceptors (Lipinski definition) is 1. The van der Waals surface area contributed by atoms with Crippen LogP contribution < -0.4 is 4.90 Å². The fraction of sp³-hybridized carbons (Fsp3) is 0.0256. The molecule has 0 aliphatic rings. The Hall–Kier alpha value is -5.14. The SMILES string of the molecule is Cc1ccc(N(c2ccc(-c3ccccc3)cc2)c2ccc(-c3ccc4ccccc4c3)cc2)c2ccccc12. The number of hydrogen-bond donors (Lipinski definition) is 0. The summed E-state index contributed by atoms with van der Waals surface area (Å²) in [5.41, 5.74) is 9.59. The van der Waals surface area contributed by atoms with E-state index in [-0.39, 0.29) is 0 Å². The van der Waals surface area contributed by atoms with Crippen LogP contribution in [-0.2, 0) is 0 Å². The van der Waals surface area contributed by atoms with Gasteiger partial charge in [0.2, 0.25) is 0 Å². The molecule has 0 aliphatic carbocycles. The van der Waals surface area contributed by atoms with Gasteiger partial charge < -0.3 is 4.90 Å². The van der Waals surface area contributed by atoms with E-state index in [4.69, 9.17) is 0 Å². The van der Waals surface area contributed by atoms with E-state index in [0.29, 0.717) is 0 Å². The lowest BCUT2D eigenvalue weighted by molar-refractivity contribution is 1.29. The predicted molar refractivity (Wildman–Crippen MR) is 172 cm³/mol. The van der Waals surface area contributed by atoms with Crippen molar-refractivity contribution in [2.45, 2.75) is 6.92 Å². The largest absolute Gasteiger partial charge is 0.310 e. The van der Waals surface area contributed by atoms with Gasteiger partial charge in [-0.3, -0.25) is 0 Å². The van der Waals surface area contributed by atoms with Gasteiger partial charge in [0.1, 0.15) is 0 Å². The molecule has 7 rings (SSSR count). The molecule has 1 heteroatoms. The molecule has 0 unspecified atom stereocenters. The first-order valence-corrected chi connectivity index (χ1v) is 13.8. The van der Waals surface area contributed by atoms with E-state index >= 15 is 0 Å². The maximum atomic E-state index is 2.38. The van der Waals surface area contributed by atoms with Crippen LogP contribution in [0, 0.1) is 6.92 Å². The molecule has 0 saturated carbocycles. The molecule has 0 fully saturated rings. The third-order valence-corrected chi connectivity index (χ3v) is 7.80. The molecule has 0 atom stereocenters. The van der Waals surface area contributed by atoms with Gasteiger partial charge in [0.15, 0.2) is 0 Å². The van der Waals surface area contributed by atoms with Crippen molar-refractivity contribution in [1.29, 1.82) is 0 Å². The third-order valence-electron chi connectivity index (χ3n) is 7.80. The smallest absolute Gasteiger partial charge is 0.0540 e. The van der Waals surface area contributed by atoms with Gasteiger partial charge >= 0.3 is 0 Å². The first-order valence-electron chi connectivity index (χ1n) is 13.8. The molecule has 0 aromatic heterocycles. The monoisotopic (exact) mass is 511 g/mol. The van der Waals surface area contributed by atoms with E-state index in [1.165, 1.54) is 55.0 Å². The molecule has 7 aromatic rings. The minimum atomic E-state index is 1.13. The van der Waals surface area contributed by atoms with E-state index in [0.717, 1.165) is 11.4 Å². The molecule has 190 valence electrons. The molecule has 0 amide bonds. The minimum absolute atomic E-state index is 1.13. The number of rotatable bonds is 5. The molecule has 0 radical (unpaired) electrons. The summed E-state index contributed by atoms with van der Waals surface area (Å²) in [6, 6.07) is 56.8. The highest BCUT2D eigenvalue weighted by molar-refractivity contribution is 6.00. The number of nitrogens with zero attached hydrogens (tertiary/aromatic N) is 1. The highest BCUT2D eigenvalue weighted by atomic mass is 15.1. The molecule has 7 aromatic carbocycles. The van der Waals surface area contributed by atoms with E-state index in [1.807, 2.05) is 0 Å². The summed E-state index contributed by atoms with van der Waals surface area (Å²) in [4.78, 5) is 2.38. The van der Waals surface area contributed by atoms with Crippen molar-refractivity contribution in [2.24, 2.45) is 0 Å². The van der Waals surface area contributed by atoms with Crippen LogP contribution in [-0.4, -0.2) is 0 Å². The summed E-state index contributed by atoms with van der Waals surface area (Å²) in [6.45, 7) is 2.18. The average Bonchev–Trinajstić information content (AvgIpc) is 3.03. The summed E-state index contributed by atoms with van der Waals surface area (Å²) < 4.78 is 0. The van der Waals surface area contributed by atoms with Gasteiger partial charge in [-0.2, -0.15) is 0 Å². The Balaban J connectivity index is 1.34. The zero-order valence-corrected chi connectivity index (χ0v) is 22.5. The van der Waals surface area contributed by atoms with Crippen LogP contribution in [0.1, 0.15) is 5.56 Å². The van der Waals surface area contributed by atoms with Gasteiger partial charge in [0.05, 0.1) is 5.69 Å². The fourth-order valence-corrected chi connectivity index (χ4v) is 5.66. The number of anilines is 3.